The summed E-state index contributed by atoms with van der Waals surface area (Å²) >= 11 is 2.86. The molecule has 1 fully saturated rings. The number of hydrogen-bond acceptors (Lipinski definition) is 9. The molecule has 1 aromatic carbocycles. The molecule has 10 heteroatoms. The first-order valence-corrected chi connectivity index (χ1v) is 9.74. The number of ether oxygens (including phenoxy) is 1. The van der Waals surface area contributed by atoms with E-state index in [4.69, 9.17) is 4.74 Å². The maximum atomic E-state index is 12.4. The number of nitrogens with one attached hydrogen (secondary N) is 1. The van der Waals surface area contributed by atoms with Crippen molar-refractivity contribution >= 4 is 39.1 Å². The third kappa shape index (κ3) is 3.80. The molecule has 0 unspecified atom stereocenters. The van der Waals surface area contributed by atoms with E-state index >= 15 is 0 Å². The lowest BCUT2D eigenvalue weighted by Gasteiger charge is -2.08. The first-order valence-electron chi connectivity index (χ1n) is 7.94. The average molecular weight is 376 g/mol. The minimum atomic E-state index is -0.153. The zero-order valence-corrected chi connectivity index (χ0v) is 14.9. The van der Waals surface area contributed by atoms with Gasteiger partial charge in [0.1, 0.15) is 5.52 Å². The van der Waals surface area contributed by atoms with Gasteiger partial charge >= 0.3 is 0 Å². The van der Waals surface area contributed by atoms with E-state index in [9.17, 15) is 4.79 Å². The van der Waals surface area contributed by atoms with Gasteiger partial charge in [0.15, 0.2) is 4.34 Å². The van der Waals surface area contributed by atoms with Crippen molar-refractivity contribution in [2.75, 3.05) is 18.5 Å². The quantitative estimate of drug-likeness (QED) is 0.653. The predicted octanol–water partition coefficient (Wildman–Crippen LogP) is 1.98. The number of thioether (sulfide) groups is 1. The molecule has 0 bridgehead atoms. The van der Waals surface area contributed by atoms with Crippen molar-refractivity contribution in [1.29, 1.82) is 0 Å². The van der Waals surface area contributed by atoms with E-state index in [0.717, 1.165) is 35.5 Å². The Kier molecular flexibility index (Phi) is 4.90. The molecule has 2 aromatic heterocycles. The van der Waals surface area contributed by atoms with Crippen LogP contribution in [0.25, 0.3) is 10.9 Å². The number of nitrogens with zero attached hydrogens (tertiary/aromatic N) is 5. The SMILES string of the molecule is O=c1c2ccccc2nnn1CSc1nnc(NC[C@@H]2CCCO2)s1. The Hall–Kier alpha value is -2.04. The lowest BCUT2D eigenvalue weighted by molar-refractivity contribution is 0.120. The van der Waals surface area contributed by atoms with Gasteiger partial charge in [-0.15, -0.1) is 15.3 Å². The van der Waals surface area contributed by atoms with Gasteiger partial charge in [-0.05, 0) is 25.0 Å². The largest absolute Gasteiger partial charge is 0.376 e. The molecule has 0 saturated carbocycles. The summed E-state index contributed by atoms with van der Waals surface area (Å²) in [5.41, 5.74) is 0.449. The van der Waals surface area contributed by atoms with Crippen LogP contribution in [0.5, 0.6) is 0 Å². The van der Waals surface area contributed by atoms with Crippen molar-refractivity contribution in [2.24, 2.45) is 0 Å². The van der Waals surface area contributed by atoms with Crippen molar-refractivity contribution in [2.45, 2.75) is 29.2 Å². The Bertz CT molecular complexity index is 922. The fourth-order valence-electron chi connectivity index (χ4n) is 2.57. The Morgan fingerprint density at radius 3 is 3.12 bits per heavy atom. The van der Waals surface area contributed by atoms with E-state index in [-0.39, 0.29) is 11.7 Å². The summed E-state index contributed by atoms with van der Waals surface area (Å²) in [7, 11) is 0. The standard InChI is InChI=1S/C15H16N6O2S2/c22-13-11-5-1-2-6-12(11)17-20-21(13)9-24-15-19-18-14(25-15)16-8-10-4-3-7-23-10/h1-2,5-6,10H,3-4,7-9H2,(H,16,18)/t10-/m0/s1. The van der Waals surface area contributed by atoms with Gasteiger partial charge in [0, 0.05) is 13.2 Å². The second-order valence-corrected chi connectivity index (χ2v) is 7.74. The topological polar surface area (TPSA) is 94.8 Å². The molecule has 1 N–H and O–H groups in total. The number of fused-ring (bicyclic) bond motifs is 1. The maximum Gasteiger partial charge on any atom is 0.278 e. The minimum Gasteiger partial charge on any atom is -0.376 e. The Labute approximate surface area is 151 Å². The van der Waals surface area contributed by atoms with Crippen LogP contribution in [0.4, 0.5) is 5.13 Å². The molecule has 1 atom stereocenters. The van der Waals surface area contributed by atoms with Crippen LogP contribution in [0, 0.1) is 0 Å². The highest BCUT2D eigenvalue weighted by Crippen LogP contribution is 2.26. The molecule has 3 heterocycles. The number of benzene rings is 1. The fourth-order valence-corrected chi connectivity index (χ4v) is 4.19. The van der Waals surface area contributed by atoms with E-state index in [1.165, 1.54) is 27.8 Å². The molecule has 0 radical (unpaired) electrons. The second kappa shape index (κ2) is 7.46. The lowest BCUT2D eigenvalue weighted by atomic mass is 10.2. The number of hydrogen-bond donors (Lipinski definition) is 1. The first kappa shape index (κ1) is 16.4. The van der Waals surface area contributed by atoms with Gasteiger partial charge in [0.05, 0.1) is 17.4 Å². The highest BCUT2D eigenvalue weighted by molar-refractivity contribution is 8.00. The molecule has 0 aliphatic carbocycles. The normalized spacial score (nSPS) is 17.2. The van der Waals surface area contributed by atoms with Gasteiger partial charge in [-0.25, -0.2) is 0 Å². The van der Waals surface area contributed by atoms with Gasteiger partial charge in [0.25, 0.3) is 5.56 Å². The molecule has 8 nitrogen and oxygen atoms in total. The molecule has 1 aliphatic rings. The van der Waals surface area contributed by atoms with Crippen molar-refractivity contribution < 1.29 is 4.74 Å². The molecular formula is C15H16N6O2S2. The minimum absolute atomic E-state index is 0.153. The van der Waals surface area contributed by atoms with Crippen molar-refractivity contribution in [3.05, 3.63) is 34.6 Å². The smallest absolute Gasteiger partial charge is 0.278 e. The summed E-state index contributed by atoms with van der Waals surface area (Å²) in [6.45, 7) is 1.58. The number of rotatable bonds is 6. The Morgan fingerprint density at radius 2 is 2.24 bits per heavy atom. The van der Waals surface area contributed by atoms with Crippen LogP contribution in [-0.2, 0) is 10.6 Å². The number of aromatic nitrogens is 5. The summed E-state index contributed by atoms with van der Waals surface area (Å²) in [5.74, 6) is 0.344. The van der Waals surface area contributed by atoms with Crippen LogP contribution in [0.2, 0.25) is 0 Å². The van der Waals surface area contributed by atoms with Crippen molar-refractivity contribution in [3.63, 3.8) is 0 Å². The maximum absolute atomic E-state index is 12.4. The number of anilines is 1. The third-order valence-corrected chi connectivity index (χ3v) is 5.83. The highest BCUT2D eigenvalue weighted by Gasteiger charge is 2.16. The van der Waals surface area contributed by atoms with Crippen LogP contribution < -0.4 is 10.9 Å². The zero-order chi connectivity index (χ0) is 17.1. The molecule has 25 heavy (non-hydrogen) atoms. The molecule has 130 valence electrons. The molecule has 1 aliphatic heterocycles. The monoisotopic (exact) mass is 376 g/mol. The van der Waals surface area contributed by atoms with Gasteiger partial charge < -0.3 is 10.1 Å². The fraction of sp³-hybridized carbons (Fsp3) is 0.400. The zero-order valence-electron chi connectivity index (χ0n) is 13.3. The highest BCUT2D eigenvalue weighted by atomic mass is 32.2. The summed E-state index contributed by atoms with van der Waals surface area (Å²) in [6.07, 6.45) is 2.45. The van der Waals surface area contributed by atoms with Gasteiger partial charge in [0.2, 0.25) is 5.13 Å². The lowest BCUT2D eigenvalue weighted by Crippen LogP contribution is -2.23. The molecule has 1 saturated heterocycles. The first-order chi connectivity index (χ1) is 12.3. The molecular weight excluding hydrogens is 360 g/mol. The van der Waals surface area contributed by atoms with E-state index < -0.39 is 0 Å². The Morgan fingerprint density at radius 1 is 1.32 bits per heavy atom. The molecule has 4 rings (SSSR count). The Balaban J connectivity index is 1.38. The predicted molar refractivity (Wildman–Crippen MR) is 97.0 cm³/mol. The van der Waals surface area contributed by atoms with Crippen molar-refractivity contribution in [3.8, 4) is 0 Å². The van der Waals surface area contributed by atoms with Crippen molar-refractivity contribution in [1.82, 2.24) is 25.2 Å². The summed E-state index contributed by atoms with van der Waals surface area (Å²) in [5, 5.41) is 20.9. The molecule has 3 aromatic rings. The van der Waals surface area contributed by atoms with Gasteiger partial charge in [-0.3, -0.25) is 4.79 Å². The van der Waals surface area contributed by atoms with Gasteiger partial charge in [-0.2, -0.15) is 4.68 Å². The molecule has 0 amide bonds. The summed E-state index contributed by atoms with van der Waals surface area (Å²) in [4.78, 5) is 12.4. The van der Waals surface area contributed by atoms with Gasteiger partial charge in [-0.1, -0.05) is 40.4 Å². The second-order valence-electron chi connectivity index (χ2n) is 5.57. The van der Waals surface area contributed by atoms with Crippen LogP contribution in [0.15, 0.2) is 33.4 Å². The summed E-state index contributed by atoms with van der Waals surface area (Å²) in [6, 6.07) is 7.19. The third-order valence-electron chi connectivity index (χ3n) is 3.85. The average Bonchev–Trinajstić information content (AvgIpc) is 3.31. The molecule has 0 spiro atoms. The van der Waals surface area contributed by atoms with Crippen LogP contribution in [0.3, 0.4) is 0 Å². The van der Waals surface area contributed by atoms with E-state index in [1.54, 1.807) is 12.1 Å². The van der Waals surface area contributed by atoms with Crippen LogP contribution in [0.1, 0.15) is 12.8 Å². The van der Waals surface area contributed by atoms with Crippen LogP contribution in [-0.4, -0.2) is 44.4 Å². The van der Waals surface area contributed by atoms with E-state index in [2.05, 4.69) is 25.8 Å². The van der Waals surface area contributed by atoms with E-state index in [0.29, 0.717) is 16.8 Å². The van der Waals surface area contributed by atoms with Crippen LogP contribution >= 0.6 is 23.1 Å². The summed E-state index contributed by atoms with van der Waals surface area (Å²) < 4.78 is 7.69. The van der Waals surface area contributed by atoms with E-state index in [1.807, 2.05) is 12.1 Å².